The van der Waals surface area contributed by atoms with Gasteiger partial charge in [0.2, 0.25) is 13.3 Å². The highest BCUT2D eigenvalue weighted by atomic mass is 16.5. The number of hydrogen-bond acceptors (Lipinski definition) is 8. The Balaban J connectivity index is 1.27. The molecule has 0 unspecified atom stereocenters. The minimum absolute atomic E-state index is 0.331. The normalized spacial score (nSPS) is 14.8. The van der Waals surface area contributed by atoms with Gasteiger partial charge in [0.15, 0.2) is 0 Å². The number of carbonyl (C=O) groups excluding carboxylic acids is 2. The molecule has 0 saturated heterocycles. The van der Waals surface area contributed by atoms with Gasteiger partial charge in [0.05, 0.1) is 31.0 Å². The Morgan fingerprint density at radius 1 is 0.667 bits per heavy atom. The van der Waals surface area contributed by atoms with Crippen molar-refractivity contribution in [1.29, 1.82) is 0 Å². The average molecular weight is 444 g/mol. The third-order valence-corrected chi connectivity index (χ3v) is 4.88. The van der Waals surface area contributed by atoms with Crippen LogP contribution in [0.3, 0.4) is 0 Å². The van der Waals surface area contributed by atoms with Crippen molar-refractivity contribution in [2.24, 2.45) is 0 Å². The van der Waals surface area contributed by atoms with E-state index in [0.717, 1.165) is 11.4 Å². The van der Waals surface area contributed by atoms with Crippen molar-refractivity contribution in [1.82, 2.24) is 9.80 Å². The largest absolute Gasteiger partial charge is 0.462 e. The highest BCUT2D eigenvalue weighted by Gasteiger charge is 2.22. The summed E-state index contributed by atoms with van der Waals surface area (Å²) in [5.74, 6) is -0.662. The lowest BCUT2D eigenvalue weighted by molar-refractivity contribution is 0.0517. The van der Waals surface area contributed by atoms with E-state index in [9.17, 15) is 9.59 Å². The second-order valence-corrected chi connectivity index (χ2v) is 7.15. The van der Waals surface area contributed by atoms with Gasteiger partial charge < -0.3 is 29.1 Å². The molecule has 0 bridgehead atoms. The maximum Gasteiger partial charge on any atom is 0.338 e. The summed E-state index contributed by atoms with van der Waals surface area (Å²) in [6.45, 7) is 11.3. The zero-order valence-electron chi connectivity index (χ0n) is 18.5. The summed E-state index contributed by atoms with van der Waals surface area (Å²) in [5, 5.41) is 0. The van der Waals surface area contributed by atoms with Crippen molar-refractivity contribution >= 4 is 23.3 Å². The number of ether oxygens (including phenoxy) is 2. The van der Waals surface area contributed by atoms with Crippen LogP contribution in [0.25, 0.3) is 0 Å². The zero-order valence-corrected chi connectivity index (χ0v) is 18.5. The number of anilines is 2. The average Bonchev–Trinajstić information content (AvgIpc) is 3.50. The van der Waals surface area contributed by atoms with E-state index in [2.05, 4.69) is 13.3 Å². The minimum atomic E-state index is -0.331. The van der Waals surface area contributed by atoms with E-state index in [1.807, 2.05) is 68.7 Å². The molecule has 8 heteroatoms. The van der Waals surface area contributed by atoms with Crippen LogP contribution in [-0.4, -0.2) is 41.6 Å². The van der Waals surface area contributed by atoms with E-state index in [1.165, 1.54) is 0 Å². The summed E-state index contributed by atoms with van der Waals surface area (Å²) in [6, 6.07) is 14.3. The fourth-order valence-electron chi connectivity index (χ4n) is 3.26. The van der Waals surface area contributed by atoms with E-state index < -0.39 is 0 Å². The van der Waals surface area contributed by atoms with Crippen molar-refractivity contribution < 1.29 is 19.1 Å². The molecule has 0 fully saturated rings. The number of nitrogens with zero attached hydrogens (tertiary/aromatic N) is 4. The van der Waals surface area contributed by atoms with Gasteiger partial charge in [-0.3, -0.25) is 0 Å². The van der Waals surface area contributed by atoms with Gasteiger partial charge in [0, 0.05) is 36.2 Å². The first kappa shape index (κ1) is 22.3. The van der Waals surface area contributed by atoms with E-state index in [1.54, 1.807) is 38.1 Å². The molecule has 0 saturated carbocycles. The van der Waals surface area contributed by atoms with Crippen LogP contribution < -0.4 is 9.80 Å². The summed E-state index contributed by atoms with van der Waals surface area (Å²) in [7, 11) is 0. The molecule has 2 heterocycles. The molecular weight excluding hydrogens is 420 g/mol. The molecule has 4 radical (unpaired) electrons. The first-order valence-corrected chi connectivity index (χ1v) is 10.6. The summed E-state index contributed by atoms with van der Waals surface area (Å²) in [6.07, 6.45) is 7.60. The molecular formula is C25H24N4O4. The minimum Gasteiger partial charge on any atom is -0.462 e. The SMILES string of the molecule is CCOC(=O)c1ccc(N2[C]N(CN3[C]N(c4ccc(C(=O)OCC)cc4)C=C3)C=C2)cc1. The Labute approximate surface area is 193 Å². The molecule has 8 nitrogen and oxygen atoms in total. The predicted molar refractivity (Wildman–Crippen MR) is 123 cm³/mol. The van der Waals surface area contributed by atoms with Crippen molar-refractivity contribution in [2.75, 3.05) is 29.7 Å². The van der Waals surface area contributed by atoms with Crippen LogP contribution in [0.15, 0.2) is 73.3 Å². The molecule has 4 rings (SSSR count). The smallest absolute Gasteiger partial charge is 0.338 e. The molecule has 2 aliphatic heterocycles. The topological polar surface area (TPSA) is 65.6 Å². The second-order valence-electron chi connectivity index (χ2n) is 7.15. The summed E-state index contributed by atoms with van der Waals surface area (Å²) in [4.78, 5) is 31.1. The Hall–Kier alpha value is -3.94. The standard InChI is InChI=1S/C25H24N4O4/c1-3-32-24(30)20-5-9-22(10-6-20)28-15-13-26(18-28)17-27-14-16-29(19-27)23-11-7-21(8-12-23)25(31)33-4-2/h5-16H,3-4,17H2,1-2H3. The number of benzene rings is 2. The van der Waals surface area contributed by atoms with Crippen LogP contribution in [0.5, 0.6) is 0 Å². The van der Waals surface area contributed by atoms with Gasteiger partial charge in [0.25, 0.3) is 0 Å². The maximum atomic E-state index is 11.8. The number of rotatable bonds is 8. The third kappa shape index (κ3) is 5.28. The molecule has 168 valence electrons. The van der Waals surface area contributed by atoms with Gasteiger partial charge in [-0.2, -0.15) is 0 Å². The highest BCUT2D eigenvalue weighted by Crippen LogP contribution is 2.26. The summed E-state index contributed by atoms with van der Waals surface area (Å²) in [5.41, 5.74) is 2.80. The lowest BCUT2D eigenvalue weighted by Crippen LogP contribution is -2.30. The van der Waals surface area contributed by atoms with Gasteiger partial charge in [-0.05, 0) is 62.4 Å². The van der Waals surface area contributed by atoms with E-state index >= 15 is 0 Å². The van der Waals surface area contributed by atoms with Crippen LogP contribution in [-0.2, 0) is 9.47 Å². The van der Waals surface area contributed by atoms with E-state index in [0.29, 0.717) is 31.0 Å². The quantitative estimate of drug-likeness (QED) is 0.569. The van der Waals surface area contributed by atoms with E-state index in [4.69, 9.17) is 9.47 Å². The predicted octanol–water partition coefficient (Wildman–Crippen LogP) is 3.88. The monoisotopic (exact) mass is 444 g/mol. The molecule has 2 aromatic carbocycles. The molecule has 0 atom stereocenters. The Morgan fingerprint density at radius 2 is 1.06 bits per heavy atom. The highest BCUT2D eigenvalue weighted by molar-refractivity contribution is 5.90. The van der Waals surface area contributed by atoms with Crippen LogP contribution in [0.1, 0.15) is 34.6 Å². The van der Waals surface area contributed by atoms with Crippen molar-refractivity contribution in [2.45, 2.75) is 13.8 Å². The van der Waals surface area contributed by atoms with E-state index in [-0.39, 0.29) is 11.9 Å². The van der Waals surface area contributed by atoms with Gasteiger partial charge in [-0.15, -0.1) is 0 Å². The number of carbonyl (C=O) groups is 2. The Bertz CT molecular complexity index is 950. The molecule has 0 aliphatic carbocycles. The first-order chi connectivity index (χ1) is 16.1. The van der Waals surface area contributed by atoms with Crippen LogP contribution in [0.2, 0.25) is 0 Å². The molecule has 2 aromatic rings. The third-order valence-electron chi connectivity index (χ3n) is 4.88. The molecule has 33 heavy (non-hydrogen) atoms. The van der Waals surface area contributed by atoms with Crippen LogP contribution in [0.4, 0.5) is 11.4 Å². The Morgan fingerprint density at radius 3 is 1.42 bits per heavy atom. The molecule has 0 spiro atoms. The summed E-state index contributed by atoms with van der Waals surface area (Å²) < 4.78 is 10.0. The fraction of sp³-hybridized carbons (Fsp3) is 0.200. The lowest BCUT2D eigenvalue weighted by Gasteiger charge is -2.25. The van der Waals surface area contributed by atoms with Crippen molar-refractivity contribution in [3.63, 3.8) is 0 Å². The van der Waals surface area contributed by atoms with Gasteiger partial charge >= 0.3 is 11.9 Å². The van der Waals surface area contributed by atoms with Crippen molar-refractivity contribution in [3.8, 4) is 0 Å². The van der Waals surface area contributed by atoms with Crippen LogP contribution >= 0.6 is 0 Å². The zero-order chi connectivity index (χ0) is 23.2. The fourth-order valence-corrected chi connectivity index (χ4v) is 3.26. The molecule has 0 aromatic heterocycles. The van der Waals surface area contributed by atoms with Crippen LogP contribution in [0, 0.1) is 13.3 Å². The lowest BCUT2D eigenvalue weighted by atomic mass is 10.2. The van der Waals surface area contributed by atoms with Crippen molar-refractivity contribution in [3.05, 3.63) is 97.8 Å². The maximum absolute atomic E-state index is 11.8. The summed E-state index contributed by atoms with van der Waals surface area (Å²) >= 11 is 0. The second kappa shape index (κ2) is 10.1. The van der Waals surface area contributed by atoms with Gasteiger partial charge in [-0.1, -0.05) is 0 Å². The molecule has 0 amide bonds. The Kier molecular flexibility index (Phi) is 6.83. The van der Waals surface area contributed by atoms with Gasteiger partial charge in [0.1, 0.15) is 0 Å². The first-order valence-electron chi connectivity index (χ1n) is 10.6. The van der Waals surface area contributed by atoms with Gasteiger partial charge in [-0.25, -0.2) is 9.59 Å². The molecule has 2 aliphatic rings. The molecule has 0 N–H and O–H groups in total. The number of hydrogen-bond donors (Lipinski definition) is 0. The number of esters is 2.